The third-order valence-corrected chi connectivity index (χ3v) is 5.55. The summed E-state index contributed by atoms with van der Waals surface area (Å²) in [7, 11) is 0. The van der Waals surface area contributed by atoms with Gasteiger partial charge in [0.25, 0.3) is 0 Å². The minimum atomic E-state index is -1.86. The highest BCUT2D eigenvalue weighted by atomic mass is 16.5. The molecule has 0 radical (unpaired) electrons. The maximum atomic E-state index is 12.9. The van der Waals surface area contributed by atoms with E-state index >= 15 is 0 Å². The van der Waals surface area contributed by atoms with Crippen LogP contribution < -0.4 is 5.43 Å². The molecule has 12 heteroatoms. The highest BCUT2D eigenvalue weighted by Crippen LogP contribution is 2.45. The van der Waals surface area contributed by atoms with Crippen molar-refractivity contribution in [3.63, 3.8) is 0 Å². The number of ether oxygens (including phenoxy) is 1. The van der Waals surface area contributed by atoms with E-state index in [9.17, 15) is 50.8 Å². The van der Waals surface area contributed by atoms with Crippen LogP contribution in [-0.4, -0.2) is 77.0 Å². The minimum Gasteiger partial charge on any atom is -0.507 e. The highest BCUT2D eigenvalue weighted by molar-refractivity contribution is 5.91. The second-order valence-corrected chi connectivity index (χ2v) is 7.59. The number of aromatic hydroxyl groups is 5. The van der Waals surface area contributed by atoms with Crippen molar-refractivity contribution in [2.45, 2.75) is 30.5 Å². The number of hydrogen-bond acceptors (Lipinski definition) is 12. The van der Waals surface area contributed by atoms with Crippen molar-refractivity contribution in [3.05, 3.63) is 40.1 Å². The molecule has 1 aliphatic heterocycles. The fraction of sp³-hybridized carbons (Fsp3) is 0.286. The van der Waals surface area contributed by atoms with E-state index in [1.54, 1.807) is 0 Å². The quantitative estimate of drug-likeness (QED) is 0.224. The molecule has 33 heavy (non-hydrogen) atoms. The van der Waals surface area contributed by atoms with Crippen LogP contribution >= 0.6 is 0 Å². The van der Waals surface area contributed by atoms with Crippen molar-refractivity contribution in [3.8, 4) is 40.1 Å². The summed E-state index contributed by atoms with van der Waals surface area (Å²) in [6.07, 6.45) is -8.37. The van der Waals surface area contributed by atoms with Crippen molar-refractivity contribution in [2.24, 2.45) is 0 Å². The molecule has 9 N–H and O–H groups in total. The van der Waals surface area contributed by atoms with E-state index in [-0.39, 0.29) is 5.56 Å². The monoisotopic (exact) mass is 464 g/mol. The van der Waals surface area contributed by atoms with E-state index in [0.29, 0.717) is 0 Å². The summed E-state index contributed by atoms with van der Waals surface area (Å²) in [5.74, 6) is -4.06. The Kier molecular flexibility index (Phi) is 5.56. The second kappa shape index (κ2) is 8.10. The molecule has 1 aromatic heterocycles. The lowest BCUT2D eigenvalue weighted by Gasteiger charge is -2.40. The molecular weight excluding hydrogens is 444 g/mol. The summed E-state index contributed by atoms with van der Waals surface area (Å²) in [5, 5.41) is 89.9. The zero-order valence-electron chi connectivity index (χ0n) is 16.7. The summed E-state index contributed by atoms with van der Waals surface area (Å²) < 4.78 is 11.1. The molecule has 176 valence electrons. The zero-order valence-corrected chi connectivity index (χ0v) is 16.7. The van der Waals surface area contributed by atoms with Crippen LogP contribution in [0.3, 0.4) is 0 Å². The van der Waals surface area contributed by atoms with Crippen LogP contribution in [0.4, 0.5) is 0 Å². The predicted molar refractivity (Wildman–Crippen MR) is 109 cm³/mol. The number of rotatable bonds is 3. The Morgan fingerprint density at radius 3 is 2.15 bits per heavy atom. The fourth-order valence-corrected chi connectivity index (χ4v) is 3.82. The number of phenols is 4. The molecular formula is C21H20O12. The molecule has 0 bridgehead atoms. The third kappa shape index (κ3) is 3.50. The van der Waals surface area contributed by atoms with Gasteiger partial charge in [-0.1, -0.05) is 0 Å². The maximum absolute atomic E-state index is 12.9. The molecule has 2 aromatic carbocycles. The smallest absolute Gasteiger partial charge is 0.238 e. The van der Waals surface area contributed by atoms with Crippen LogP contribution in [0.25, 0.3) is 22.3 Å². The predicted octanol–water partition coefficient (Wildman–Crippen LogP) is -0.497. The molecule has 4 rings (SSSR count). The minimum absolute atomic E-state index is 0.0654. The van der Waals surface area contributed by atoms with Crippen molar-refractivity contribution in [2.75, 3.05) is 6.61 Å². The summed E-state index contributed by atoms with van der Waals surface area (Å²) >= 11 is 0. The van der Waals surface area contributed by atoms with Crippen LogP contribution in [0.2, 0.25) is 0 Å². The van der Waals surface area contributed by atoms with Crippen LogP contribution in [0, 0.1) is 0 Å². The summed E-state index contributed by atoms with van der Waals surface area (Å²) in [6.45, 7) is -0.763. The molecule has 3 aromatic rings. The molecule has 0 unspecified atom stereocenters. The number of benzene rings is 2. The van der Waals surface area contributed by atoms with Gasteiger partial charge in [-0.3, -0.25) is 4.79 Å². The van der Waals surface area contributed by atoms with E-state index in [2.05, 4.69) is 0 Å². The standard InChI is InChI=1S/C21H20O12/c22-5-11-14(27)16(29)18(31)21(32-11)13-10(26)4-9(25)12-15(28)17(30)19(33-20(12)13)6-1-2-7(23)8(24)3-6/h1-4,11,14,16,18,21-27,29-31H,5H2/t11-,14+,16+,18-,21+/m1/s1. The Balaban J connectivity index is 2.02. The molecule has 1 aliphatic rings. The van der Waals surface area contributed by atoms with Gasteiger partial charge in [-0.2, -0.15) is 0 Å². The lowest BCUT2D eigenvalue weighted by Crippen LogP contribution is -2.55. The Morgan fingerprint density at radius 2 is 1.52 bits per heavy atom. The van der Waals surface area contributed by atoms with Crippen LogP contribution in [-0.2, 0) is 4.74 Å². The van der Waals surface area contributed by atoms with Gasteiger partial charge in [0.15, 0.2) is 22.8 Å². The topological polar surface area (TPSA) is 222 Å². The normalized spacial score (nSPS) is 25.4. The van der Waals surface area contributed by atoms with Crippen LogP contribution in [0.1, 0.15) is 11.7 Å². The maximum Gasteiger partial charge on any atom is 0.238 e. The number of aliphatic hydroxyl groups is 4. The molecule has 5 atom stereocenters. The number of hydrogen-bond donors (Lipinski definition) is 9. The van der Waals surface area contributed by atoms with Gasteiger partial charge in [-0.25, -0.2) is 0 Å². The van der Waals surface area contributed by atoms with Crippen molar-refractivity contribution < 1.29 is 55.1 Å². The lowest BCUT2D eigenvalue weighted by atomic mass is 9.89. The lowest BCUT2D eigenvalue weighted by molar-refractivity contribution is -0.231. The Hall–Kier alpha value is -3.55. The largest absolute Gasteiger partial charge is 0.507 e. The van der Waals surface area contributed by atoms with E-state index in [4.69, 9.17) is 9.15 Å². The van der Waals surface area contributed by atoms with Crippen LogP contribution in [0.5, 0.6) is 28.7 Å². The van der Waals surface area contributed by atoms with Gasteiger partial charge in [0, 0.05) is 11.6 Å². The SMILES string of the molecule is O=c1c(O)c(-c2ccc(O)c(O)c2)oc2c([C@@H]3O[C@H](CO)[C@H](O)[C@H](O)[C@H]3O)c(O)cc(O)c12. The van der Waals surface area contributed by atoms with Gasteiger partial charge in [-0.05, 0) is 18.2 Å². The molecule has 1 fully saturated rings. The third-order valence-electron chi connectivity index (χ3n) is 5.55. The van der Waals surface area contributed by atoms with E-state index in [1.165, 1.54) is 6.07 Å². The van der Waals surface area contributed by atoms with Crippen LogP contribution in [0.15, 0.2) is 33.5 Å². The van der Waals surface area contributed by atoms with Crippen molar-refractivity contribution in [1.29, 1.82) is 0 Å². The van der Waals surface area contributed by atoms with Gasteiger partial charge in [0.2, 0.25) is 11.2 Å². The van der Waals surface area contributed by atoms with Crippen molar-refractivity contribution in [1.82, 2.24) is 0 Å². The molecule has 0 saturated carbocycles. The van der Waals surface area contributed by atoms with Gasteiger partial charge in [0.05, 0.1) is 12.2 Å². The second-order valence-electron chi connectivity index (χ2n) is 7.59. The molecule has 0 spiro atoms. The fourth-order valence-electron chi connectivity index (χ4n) is 3.82. The van der Waals surface area contributed by atoms with Gasteiger partial charge < -0.3 is 55.1 Å². The zero-order chi connectivity index (χ0) is 24.2. The van der Waals surface area contributed by atoms with E-state index in [1.807, 2.05) is 0 Å². The molecule has 0 aliphatic carbocycles. The first-order valence-corrected chi connectivity index (χ1v) is 9.64. The average molecular weight is 464 g/mol. The first-order valence-electron chi connectivity index (χ1n) is 9.64. The molecule has 1 saturated heterocycles. The highest BCUT2D eigenvalue weighted by Gasteiger charge is 2.46. The molecule has 2 heterocycles. The number of fused-ring (bicyclic) bond motifs is 1. The molecule has 0 amide bonds. The number of aliphatic hydroxyl groups excluding tert-OH is 4. The first-order chi connectivity index (χ1) is 15.6. The summed E-state index contributed by atoms with van der Waals surface area (Å²) in [6, 6.07) is 3.98. The summed E-state index contributed by atoms with van der Waals surface area (Å²) in [4.78, 5) is 12.9. The van der Waals surface area contributed by atoms with Gasteiger partial charge in [0.1, 0.15) is 47.4 Å². The van der Waals surface area contributed by atoms with Gasteiger partial charge >= 0.3 is 0 Å². The van der Waals surface area contributed by atoms with E-state index in [0.717, 1.165) is 18.2 Å². The summed E-state index contributed by atoms with van der Waals surface area (Å²) in [5.41, 5.74) is -2.16. The average Bonchev–Trinajstić information content (AvgIpc) is 2.77. The Bertz CT molecular complexity index is 1280. The Morgan fingerprint density at radius 1 is 0.818 bits per heavy atom. The number of phenolic OH excluding ortho intramolecular Hbond substituents is 4. The van der Waals surface area contributed by atoms with Gasteiger partial charge in [-0.15, -0.1) is 0 Å². The Labute approximate surface area is 184 Å². The van der Waals surface area contributed by atoms with Crippen molar-refractivity contribution >= 4 is 11.0 Å². The van der Waals surface area contributed by atoms with E-state index < -0.39 is 93.6 Å². The molecule has 12 nitrogen and oxygen atoms in total. The first kappa shape index (κ1) is 22.6.